The molecule has 1 heterocycles. The van der Waals surface area contributed by atoms with E-state index in [9.17, 15) is 23.3 Å². The molecule has 0 unspecified atom stereocenters. The van der Waals surface area contributed by atoms with E-state index in [1.165, 1.54) is 10.5 Å². The summed E-state index contributed by atoms with van der Waals surface area (Å²) < 4.78 is 29.7. The first-order valence-corrected chi connectivity index (χ1v) is 11.5. The number of amides is 1. The Balaban J connectivity index is 2.07. The molecule has 2 rings (SSSR count). The van der Waals surface area contributed by atoms with Crippen molar-refractivity contribution in [2.75, 3.05) is 44.4 Å². The van der Waals surface area contributed by atoms with Gasteiger partial charge in [0.25, 0.3) is 5.91 Å². The zero-order valence-corrected chi connectivity index (χ0v) is 17.9. The van der Waals surface area contributed by atoms with Crippen molar-refractivity contribution in [1.82, 2.24) is 9.21 Å². The number of esters is 1. The van der Waals surface area contributed by atoms with Gasteiger partial charge in [0.05, 0.1) is 24.1 Å². The van der Waals surface area contributed by atoms with Crippen molar-refractivity contribution < 1.29 is 22.7 Å². The van der Waals surface area contributed by atoms with Gasteiger partial charge in [-0.05, 0) is 18.6 Å². The Labute approximate surface area is 177 Å². The number of anilines is 1. The normalized spacial score (nSPS) is 15.4. The molecule has 1 aliphatic rings. The average Bonchev–Trinajstić information content (AvgIpc) is 2.72. The van der Waals surface area contributed by atoms with Crippen LogP contribution in [0, 0.1) is 11.3 Å². The molecule has 0 aliphatic carbocycles. The van der Waals surface area contributed by atoms with Crippen LogP contribution in [0.4, 0.5) is 5.69 Å². The number of nitrogens with one attached hydrogen (secondary N) is 1. The molecule has 0 bridgehead atoms. The number of piperazine rings is 1. The van der Waals surface area contributed by atoms with E-state index in [1.54, 1.807) is 29.2 Å². The molecule has 0 aromatic heterocycles. The van der Waals surface area contributed by atoms with Gasteiger partial charge < -0.3 is 15.0 Å². The highest BCUT2D eigenvalue weighted by atomic mass is 32.2. The van der Waals surface area contributed by atoms with Gasteiger partial charge in [0, 0.05) is 32.4 Å². The van der Waals surface area contributed by atoms with E-state index in [1.807, 2.05) is 13.0 Å². The fraction of sp³-hybridized carbons (Fsp3) is 0.450. The lowest BCUT2D eigenvalue weighted by Gasteiger charge is -2.32. The average molecular weight is 435 g/mol. The van der Waals surface area contributed by atoms with E-state index in [0.29, 0.717) is 19.7 Å². The molecule has 0 spiro atoms. The molecule has 1 aromatic carbocycles. The van der Waals surface area contributed by atoms with E-state index < -0.39 is 21.9 Å². The van der Waals surface area contributed by atoms with Crippen molar-refractivity contribution >= 4 is 27.6 Å². The highest BCUT2D eigenvalue weighted by Crippen LogP contribution is 2.18. The number of unbranched alkanes of at least 4 members (excludes halogenated alkanes) is 1. The van der Waals surface area contributed by atoms with Crippen LogP contribution < -0.4 is 5.32 Å². The van der Waals surface area contributed by atoms with Crippen molar-refractivity contribution in [2.45, 2.75) is 19.8 Å². The number of hydrogen-bond donors (Lipinski definition) is 1. The maximum atomic E-state index is 12.6. The summed E-state index contributed by atoms with van der Waals surface area (Å²) in [7, 11) is -3.26. The van der Waals surface area contributed by atoms with Crippen molar-refractivity contribution in [3.05, 3.63) is 41.6 Å². The summed E-state index contributed by atoms with van der Waals surface area (Å²) >= 11 is 0. The summed E-state index contributed by atoms with van der Waals surface area (Å²) in [6.45, 7) is 3.57. The molecule has 10 heteroatoms. The SMILES string of the molecule is CCCCOC(=O)c1ccccc1NC(=O)/C(C#N)=C\N1CCN(S(C)(=O)=O)CC1. The third kappa shape index (κ3) is 6.57. The molecule has 9 nitrogen and oxygen atoms in total. The van der Waals surface area contributed by atoms with E-state index in [-0.39, 0.29) is 29.9 Å². The fourth-order valence-corrected chi connectivity index (χ4v) is 3.66. The lowest BCUT2D eigenvalue weighted by atomic mass is 10.1. The number of para-hydroxylation sites is 1. The Hall–Kier alpha value is -2.90. The molecule has 1 saturated heterocycles. The number of carbonyl (C=O) groups is 2. The number of carbonyl (C=O) groups excluding carboxylic acids is 2. The number of ether oxygens (including phenoxy) is 1. The van der Waals surface area contributed by atoms with Gasteiger partial charge in [-0.2, -0.15) is 9.57 Å². The van der Waals surface area contributed by atoms with Gasteiger partial charge in [0.1, 0.15) is 11.6 Å². The second-order valence-electron chi connectivity index (χ2n) is 6.84. The van der Waals surface area contributed by atoms with Crippen LogP contribution in [0.2, 0.25) is 0 Å². The molecular formula is C20H26N4O5S. The first kappa shape index (κ1) is 23.4. The van der Waals surface area contributed by atoms with Crippen LogP contribution in [0.3, 0.4) is 0 Å². The summed E-state index contributed by atoms with van der Waals surface area (Å²) in [5.41, 5.74) is 0.324. The van der Waals surface area contributed by atoms with Crippen molar-refractivity contribution in [2.24, 2.45) is 0 Å². The summed E-state index contributed by atoms with van der Waals surface area (Å²) in [5, 5.41) is 12.0. The van der Waals surface area contributed by atoms with Gasteiger partial charge in [0.2, 0.25) is 10.0 Å². The zero-order valence-electron chi connectivity index (χ0n) is 17.1. The number of nitriles is 1. The van der Waals surface area contributed by atoms with Gasteiger partial charge in [-0.3, -0.25) is 4.79 Å². The minimum Gasteiger partial charge on any atom is -0.462 e. The molecule has 1 N–H and O–H groups in total. The van der Waals surface area contributed by atoms with Crippen LogP contribution in [0.5, 0.6) is 0 Å². The molecular weight excluding hydrogens is 408 g/mol. The van der Waals surface area contributed by atoms with Crippen molar-refractivity contribution in [1.29, 1.82) is 5.26 Å². The van der Waals surface area contributed by atoms with E-state index >= 15 is 0 Å². The maximum absolute atomic E-state index is 12.6. The Kier molecular flexibility index (Phi) is 8.38. The molecule has 1 aliphatic heterocycles. The minimum absolute atomic E-state index is 0.142. The van der Waals surface area contributed by atoms with Gasteiger partial charge >= 0.3 is 5.97 Å². The summed E-state index contributed by atoms with van der Waals surface area (Å²) in [4.78, 5) is 26.6. The predicted molar refractivity (Wildman–Crippen MR) is 112 cm³/mol. The fourth-order valence-electron chi connectivity index (χ4n) is 2.83. The summed E-state index contributed by atoms with van der Waals surface area (Å²) in [6.07, 6.45) is 4.20. The topological polar surface area (TPSA) is 120 Å². The zero-order chi connectivity index (χ0) is 22.1. The Morgan fingerprint density at radius 3 is 2.50 bits per heavy atom. The second-order valence-corrected chi connectivity index (χ2v) is 8.82. The largest absolute Gasteiger partial charge is 0.462 e. The van der Waals surface area contributed by atoms with Crippen LogP contribution in [0.15, 0.2) is 36.0 Å². The molecule has 30 heavy (non-hydrogen) atoms. The Bertz CT molecular complexity index is 944. The highest BCUT2D eigenvalue weighted by Gasteiger charge is 2.23. The first-order valence-electron chi connectivity index (χ1n) is 9.65. The van der Waals surface area contributed by atoms with Crippen LogP contribution >= 0.6 is 0 Å². The molecule has 1 aromatic rings. The molecule has 1 amide bonds. The standard InChI is InChI=1S/C20H26N4O5S/c1-3-4-13-29-20(26)17-7-5-6-8-18(17)22-19(25)16(14-21)15-23-9-11-24(12-10-23)30(2,27)28/h5-8,15H,3-4,9-13H2,1-2H3,(H,22,25)/b16-15-. The van der Waals surface area contributed by atoms with Crippen LogP contribution in [-0.4, -0.2) is 68.5 Å². The lowest BCUT2D eigenvalue weighted by Crippen LogP contribution is -2.46. The van der Waals surface area contributed by atoms with Gasteiger partial charge in [-0.15, -0.1) is 0 Å². The lowest BCUT2D eigenvalue weighted by molar-refractivity contribution is -0.112. The predicted octanol–water partition coefficient (Wildman–Crippen LogP) is 1.57. The molecule has 0 atom stereocenters. The molecule has 162 valence electrons. The number of benzene rings is 1. The maximum Gasteiger partial charge on any atom is 0.340 e. The number of hydrogen-bond acceptors (Lipinski definition) is 7. The van der Waals surface area contributed by atoms with E-state index in [2.05, 4.69) is 5.32 Å². The molecule has 0 radical (unpaired) electrons. The monoisotopic (exact) mass is 434 g/mol. The Morgan fingerprint density at radius 1 is 1.23 bits per heavy atom. The van der Waals surface area contributed by atoms with Gasteiger partial charge in [-0.1, -0.05) is 25.5 Å². The highest BCUT2D eigenvalue weighted by molar-refractivity contribution is 7.88. The van der Waals surface area contributed by atoms with Crippen molar-refractivity contribution in [3.8, 4) is 6.07 Å². The third-order valence-electron chi connectivity index (χ3n) is 4.55. The van der Waals surface area contributed by atoms with Crippen LogP contribution in [0.1, 0.15) is 30.1 Å². The minimum atomic E-state index is -3.26. The third-order valence-corrected chi connectivity index (χ3v) is 5.85. The summed E-state index contributed by atoms with van der Waals surface area (Å²) in [5.74, 6) is -1.20. The molecule has 0 saturated carbocycles. The molecule has 1 fully saturated rings. The second kappa shape index (κ2) is 10.8. The van der Waals surface area contributed by atoms with Crippen molar-refractivity contribution in [3.63, 3.8) is 0 Å². The van der Waals surface area contributed by atoms with Gasteiger partial charge in [0.15, 0.2) is 0 Å². The van der Waals surface area contributed by atoms with E-state index in [0.717, 1.165) is 19.1 Å². The number of rotatable bonds is 8. The first-order chi connectivity index (χ1) is 14.3. The summed E-state index contributed by atoms with van der Waals surface area (Å²) in [6, 6.07) is 8.30. The smallest absolute Gasteiger partial charge is 0.340 e. The van der Waals surface area contributed by atoms with E-state index in [4.69, 9.17) is 4.74 Å². The van der Waals surface area contributed by atoms with Crippen LogP contribution in [-0.2, 0) is 19.6 Å². The van der Waals surface area contributed by atoms with Crippen LogP contribution in [0.25, 0.3) is 0 Å². The quantitative estimate of drug-likeness (QED) is 0.285. The Morgan fingerprint density at radius 2 is 1.90 bits per heavy atom. The number of nitrogens with zero attached hydrogens (tertiary/aromatic N) is 3. The van der Waals surface area contributed by atoms with Gasteiger partial charge in [-0.25, -0.2) is 13.2 Å². The number of sulfonamides is 1.